The van der Waals surface area contributed by atoms with Gasteiger partial charge in [0, 0.05) is 4.47 Å². The van der Waals surface area contributed by atoms with Gasteiger partial charge in [0.2, 0.25) is 0 Å². The number of furan rings is 1. The molecule has 1 aromatic carbocycles. The zero-order chi connectivity index (χ0) is 13.0. The van der Waals surface area contributed by atoms with Gasteiger partial charge in [-0.3, -0.25) is 4.79 Å². The van der Waals surface area contributed by atoms with Crippen LogP contribution in [-0.4, -0.2) is 13.0 Å². The lowest BCUT2D eigenvalue weighted by Gasteiger charge is -2.08. The Morgan fingerprint density at radius 3 is 2.94 bits per heavy atom. The second kappa shape index (κ2) is 5.73. The number of hydrogen-bond donors (Lipinski definition) is 1. The summed E-state index contributed by atoms with van der Waals surface area (Å²) >= 11 is 3.33. The number of ether oxygens (including phenoxy) is 1. The summed E-state index contributed by atoms with van der Waals surface area (Å²) in [6.45, 7) is 0.352. The van der Waals surface area contributed by atoms with Crippen LogP contribution >= 0.6 is 15.9 Å². The van der Waals surface area contributed by atoms with Crippen molar-refractivity contribution < 1.29 is 13.9 Å². The molecule has 0 unspecified atom stereocenters. The van der Waals surface area contributed by atoms with E-state index in [1.165, 1.54) is 7.11 Å². The molecule has 2 rings (SSSR count). The molecule has 0 fully saturated rings. The van der Waals surface area contributed by atoms with Gasteiger partial charge < -0.3 is 14.5 Å². The third-order valence-corrected chi connectivity index (χ3v) is 2.90. The molecular formula is C13H12BrNO3. The minimum absolute atomic E-state index is 0.198. The molecule has 1 aromatic heterocycles. The van der Waals surface area contributed by atoms with Gasteiger partial charge in [0.25, 0.3) is 5.91 Å². The number of methoxy groups -OCH3 is 1. The second-order valence-corrected chi connectivity index (χ2v) is 4.52. The van der Waals surface area contributed by atoms with Crippen LogP contribution in [-0.2, 0) is 6.54 Å². The molecule has 0 spiro atoms. The van der Waals surface area contributed by atoms with E-state index in [-0.39, 0.29) is 5.91 Å². The molecule has 1 heterocycles. The van der Waals surface area contributed by atoms with Crippen molar-refractivity contribution in [2.24, 2.45) is 0 Å². The van der Waals surface area contributed by atoms with E-state index in [0.29, 0.717) is 23.6 Å². The van der Waals surface area contributed by atoms with E-state index in [9.17, 15) is 4.79 Å². The topological polar surface area (TPSA) is 51.5 Å². The standard InChI is InChI=1S/C13H12BrNO3/c1-17-12-7-9(14)4-5-11(12)13(16)15-8-10-3-2-6-18-10/h2-7H,8H2,1H3,(H,15,16). The Hall–Kier alpha value is -1.75. The average molecular weight is 310 g/mol. The number of rotatable bonds is 4. The van der Waals surface area contributed by atoms with Gasteiger partial charge in [-0.2, -0.15) is 0 Å². The van der Waals surface area contributed by atoms with E-state index in [2.05, 4.69) is 21.2 Å². The van der Waals surface area contributed by atoms with Crippen LogP contribution in [0.3, 0.4) is 0 Å². The summed E-state index contributed by atoms with van der Waals surface area (Å²) in [6.07, 6.45) is 1.57. The highest BCUT2D eigenvalue weighted by Crippen LogP contribution is 2.23. The monoisotopic (exact) mass is 309 g/mol. The smallest absolute Gasteiger partial charge is 0.255 e. The molecular weight excluding hydrogens is 298 g/mol. The highest BCUT2D eigenvalue weighted by molar-refractivity contribution is 9.10. The predicted octanol–water partition coefficient (Wildman–Crippen LogP) is 2.98. The maximum atomic E-state index is 12.0. The highest BCUT2D eigenvalue weighted by atomic mass is 79.9. The Labute approximate surface area is 113 Å². The SMILES string of the molecule is COc1cc(Br)ccc1C(=O)NCc1ccco1. The Balaban J connectivity index is 2.09. The maximum absolute atomic E-state index is 12.0. The summed E-state index contributed by atoms with van der Waals surface area (Å²) in [4.78, 5) is 12.0. The Morgan fingerprint density at radius 1 is 1.44 bits per heavy atom. The molecule has 0 atom stereocenters. The molecule has 0 aliphatic rings. The van der Waals surface area contributed by atoms with Gasteiger partial charge in [0.15, 0.2) is 0 Å². The van der Waals surface area contributed by atoms with E-state index in [4.69, 9.17) is 9.15 Å². The predicted molar refractivity (Wildman–Crippen MR) is 70.6 cm³/mol. The summed E-state index contributed by atoms with van der Waals surface area (Å²) in [6, 6.07) is 8.84. The zero-order valence-corrected chi connectivity index (χ0v) is 11.4. The summed E-state index contributed by atoms with van der Waals surface area (Å²) in [7, 11) is 1.53. The van der Waals surface area contributed by atoms with Crippen molar-refractivity contribution in [2.75, 3.05) is 7.11 Å². The van der Waals surface area contributed by atoms with Crippen LogP contribution in [0.2, 0.25) is 0 Å². The van der Waals surface area contributed by atoms with Gasteiger partial charge in [-0.1, -0.05) is 15.9 Å². The van der Waals surface area contributed by atoms with Crippen LogP contribution in [0.15, 0.2) is 45.5 Å². The van der Waals surface area contributed by atoms with E-state index in [0.717, 1.165) is 4.47 Å². The molecule has 94 valence electrons. The largest absolute Gasteiger partial charge is 0.496 e. The minimum atomic E-state index is -0.198. The van der Waals surface area contributed by atoms with Crippen LogP contribution < -0.4 is 10.1 Å². The van der Waals surface area contributed by atoms with Gasteiger partial charge in [-0.15, -0.1) is 0 Å². The fourth-order valence-corrected chi connectivity index (χ4v) is 1.87. The van der Waals surface area contributed by atoms with E-state index in [1.54, 1.807) is 36.6 Å². The van der Waals surface area contributed by atoms with Crippen LogP contribution in [0, 0.1) is 0 Å². The molecule has 0 aliphatic heterocycles. The molecule has 1 amide bonds. The van der Waals surface area contributed by atoms with Crippen LogP contribution in [0.25, 0.3) is 0 Å². The van der Waals surface area contributed by atoms with Gasteiger partial charge >= 0.3 is 0 Å². The number of carbonyl (C=O) groups is 1. The van der Waals surface area contributed by atoms with Gasteiger partial charge in [-0.05, 0) is 30.3 Å². The third kappa shape index (κ3) is 2.92. The lowest BCUT2D eigenvalue weighted by Crippen LogP contribution is -2.23. The number of benzene rings is 1. The summed E-state index contributed by atoms with van der Waals surface area (Å²) in [5.41, 5.74) is 0.493. The molecule has 4 nitrogen and oxygen atoms in total. The summed E-state index contributed by atoms with van der Waals surface area (Å²) < 4.78 is 11.2. The minimum Gasteiger partial charge on any atom is -0.496 e. The molecule has 0 radical (unpaired) electrons. The Bertz CT molecular complexity index is 537. The first-order valence-corrected chi connectivity index (χ1v) is 6.14. The van der Waals surface area contributed by atoms with Gasteiger partial charge in [0.05, 0.1) is 25.5 Å². The average Bonchev–Trinajstić information content (AvgIpc) is 2.88. The van der Waals surface area contributed by atoms with Crippen LogP contribution in [0.1, 0.15) is 16.1 Å². The Kier molecular flexibility index (Phi) is 4.04. The van der Waals surface area contributed by atoms with Crippen LogP contribution in [0.4, 0.5) is 0 Å². The molecule has 1 N–H and O–H groups in total. The molecule has 2 aromatic rings. The quantitative estimate of drug-likeness (QED) is 0.944. The first-order chi connectivity index (χ1) is 8.70. The number of nitrogens with one attached hydrogen (secondary N) is 1. The summed E-state index contributed by atoms with van der Waals surface area (Å²) in [5, 5.41) is 2.77. The first kappa shape index (κ1) is 12.7. The molecule has 0 aliphatic carbocycles. The zero-order valence-electron chi connectivity index (χ0n) is 9.77. The van der Waals surface area contributed by atoms with Crippen LogP contribution in [0.5, 0.6) is 5.75 Å². The van der Waals surface area contributed by atoms with Crippen molar-refractivity contribution >= 4 is 21.8 Å². The second-order valence-electron chi connectivity index (χ2n) is 3.61. The van der Waals surface area contributed by atoms with E-state index >= 15 is 0 Å². The molecule has 5 heteroatoms. The van der Waals surface area contributed by atoms with Crippen molar-refractivity contribution in [3.8, 4) is 5.75 Å². The number of amides is 1. The number of halogens is 1. The lowest BCUT2D eigenvalue weighted by molar-refractivity contribution is 0.0945. The third-order valence-electron chi connectivity index (χ3n) is 2.41. The first-order valence-electron chi connectivity index (χ1n) is 5.35. The fraction of sp³-hybridized carbons (Fsp3) is 0.154. The van der Waals surface area contributed by atoms with E-state index < -0.39 is 0 Å². The van der Waals surface area contributed by atoms with Gasteiger partial charge in [-0.25, -0.2) is 0 Å². The molecule has 18 heavy (non-hydrogen) atoms. The van der Waals surface area contributed by atoms with Crippen molar-refractivity contribution in [1.82, 2.24) is 5.32 Å². The van der Waals surface area contributed by atoms with Crippen molar-refractivity contribution in [2.45, 2.75) is 6.54 Å². The Morgan fingerprint density at radius 2 is 2.28 bits per heavy atom. The van der Waals surface area contributed by atoms with Crippen molar-refractivity contribution in [3.63, 3.8) is 0 Å². The van der Waals surface area contributed by atoms with E-state index in [1.807, 2.05) is 0 Å². The molecule has 0 saturated heterocycles. The fourth-order valence-electron chi connectivity index (χ4n) is 1.53. The normalized spacial score (nSPS) is 10.1. The van der Waals surface area contributed by atoms with Gasteiger partial charge in [0.1, 0.15) is 11.5 Å². The summed E-state index contributed by atoms with van der Waals surface area (Å²) in [5.74, 6) is 1.04. The lowest BCUT2D eigenvalue weighted by atomic mass is 10.2. The number of carbonyl (C=O) groups excluding carboxylic acids is 1. The molecule has 0 bridgehead atoms. The van der Waals surface area contributed by atoms with Crippen molar-refractivity contribution in [3.05, 3.63) is 52.4 Å². The van der Waals surface area contributed by atoms with Crippen molar-refractivity contribution in [1.29, 1.82) is 0 Å². The number of hydrogen-bond acceptors (Lipinski definition) is 3. The molecule has 0 saturated carbocycles. The maximum Gasteiger partial charge on any atom is 0.255 e. The highest BCUT2D eigenvalue weighted by Gasteiger charge is 2.12.